The zero-order valence-corrected chi connectivity index (χ0v) is 16.9. The molecule has 0 saturated carbocycles. The van der Waals surface area contributed by atoms with E-state index < -0.39 is 0 Å². The average Bonchev–Trinajstić information content (AvgIpc) is 3.08. The Morgan fingerprint density at radius 1 is 1.21 bits per heavy atom. The van der Waals surface area contributed by atoms with Crippen LogP contribution in [0.5, 0.6) is 0 Å². The summed E-state index contributed by atoms with van der Waals surface area (Å²) in [7, 11) is 2.11. The van der Waals surface area contributed by atoms with Crippen LogP contribution >= 0.6 is 15.9 Å². The number of aromatic amines is 1. The normalized spacial score (nSPS) is 14.8. The Kier molecular flexibility index (Phi) is 5.19. The van der Waals surface area contributed by atoms with E-state index >= 15 is 0 Å². The Bertz CT molecular complexity index is 1080. The maximum atomic E-state index is 13.2. The van der Waals surface area contributed by atoms with Crippen LogP contribution in [-0.2, 0) is 0 Å². The number of benzene rings is 2. The van der Waals surface area contributed by atoms with Gasteiger partial charge in [-0.15, -0.1) is 0 Å². The number of H-pyrrole nitrogens is 1. The van der Waals surface area contributed by atoms with Crippen molar-refractivity contribution < 1.29 is 9.18 Å². The van der Waals surface area contributed by atoms with Crippen LogP contribution in [0.4, 0.5) is 20.6 Å². The molecule has 0 atom stereocenters. The summed E-state index contributed by atoms with van der Waals surface area (Å²) in [5.74, 6) is -0.369. The minimum atomic E-state index is -0.387. The first-order valence-corrected chi connectivity index (χ1v) is 9.81. The second-order valence-corrected chi connectivity index (χ2v) is 7.76. The fourth-order valence-corrected chi connectivity index (χ4v) is 3.80. The van der Waals surface area contributed by atoms with Crippen molar-refractivity contribution in [2.24, 2.45) is 0 Å². The molecule has 2 amide bonds. The zero-order valence-electron chi connectivity index (χ0n) is 15.4. The summed E-state index contributed by atoms with van der Waals surface area (Å²) in [6.07, 6.45) is 5.28. The first-order chi connectivity index (χ1) is 13.5. The van der Waals surface area contributed by atoms with E-state index in [9.17, 15) is 9.18 Å². The lowest BCUT2D eigenvalue weighted by atomic mass is 9.99. The zero-order chi connectivity index (χ0) is 19.7. The number of nitrogens with zero attached hydrogens (tertiary/aromatic N) is 1. The number of hydrogen-bond acceptors (Lipinski definition) is 2. The molecule has 1 aliphatic heterocycles. The number of aromatic nitrogens is 1. The van der Waals surface area contributed by atoms with Crippen LogP contribution in [-0.4, -0.2) is 36.1 Å². The Balaban J connectivity index is 1.54. The highest BCUT2D eigenvalue weighted by Gasteiger charge is 2.14. The summed E-state index contributed by atoms with van der Waals surface area (Å²) in [6, 6.07) is 9.51. The fourth-order valence-electron chi connectivity index (χ4n) is 3.35. The van der Waals surface area contributed by atoms with E-state index in [4.69, 9.17) is 0 Å². The summed E-state index contributed by atoms with van der Waals surface area (Å²) in [6.45, 7) is 1.97. The van der Waals surface area contributed by atoms with Gasteiger partial charge in [-0.05, 0) is 71.4 Å². The molecule has 1 aliphatic rings. The fraction of sp³-hybridized carbons (Fsp3) is 0.190. The van der Waals surface area contributed by atoms with Crippen molar-refractivity contribution in [2.75, 3.05) is 30.8 Å². The molecular weight excluding hydrogens is 423 g/mol. The van der Waals surface area contributed by atoms with Crippen molar-refractivity contribution in [1.29, 1.82) is 0 Å². The Labute approximate surface area is 170 Å². The molecule has 3 N–H and O–H groups in total. The lowest BCUT2D eigenvalue weighted by molar-refractivity contribution is 0.262. The molecule has 0 fully saturated rings. The second kappa shape index (κ2) is 7.77. The monoisotopic (exact) mass is 442 g/mol. The van der Waals surface area contributed by atoms with Gasteiger partial charge in [-0.2, -0.15) is 0 Å². The maximum Gasteiger partial charge on any atom is 0.323 e. The van der Waals surface area contributed by atoms with Crippen molar-refractivity contribution in [3.63, 3.8) is 0 Å². The van der Waals surface area contributed by atoms with Crippen LogP contribution in [0.2, 0.25) is 0 Å². The van der Waals surface area contributed by atoms with Crippen molar-refractivity contribution in [3.8, 4) is 0 Å². The number of fused-ring (bicyclic) bond motifs is 1. The maximum absolute atomic E-state index is 13.2. The number of urea groups is 1. The molecule has 2 aromatic carbocycles. The number of hydrogen-bond donors (Lipinski definition) is 3. The number of carbonyl (C=O) groups is 1. The highest BCUT2D eigenvalue weighted by Crippen LogP contribution is 2.31. The van der Waals surface area contributed by atoms with Crippen LogP contribution in [0.15, 0.2) is 53.1 Å². The standard InChI is InChI=1S/C21H20BrFN4O/c1-27-8-6-13(7-9-27)17-12-24-19-5-3-15(11-16(17)19)25-21(28)26-20-4-2-14(23)10-18(20)22/h2-6,10-12,24H,7-9H2,1H3,(H2,25,26,28). The van der Waals surface area contributed by atoms with Crippen LogP contribution in [0, 0.1) is 5.82 Å². The first kappa shape index (κ1) is 18.7. The number of likely N-dealkylation sites (N-methyl/N-ethyl adjacent to an activating group) is 1. The Hall–Kier alpha value is -2.64. The van der Waals surface area contributed by atoms with E-state index in [0.29, 0.717) is 15.8 Å². The minimum Gasteiger partial charge on any atom is -0.361 e. The van der Waals surface area contributed by atoms with Crippen LogP contribution < -0.4 is 10.6 Å². The van der Waals surface area contributed by atoms with Crippen LogP contribution in [0.3, 0.4) is 0 Å². The molecule has 0 unspecified atom stereocenters. The van der Waals surface area contributed by atoms with Gasteiger partial charge in [0.05, 0.1) is 5.69 Å². The van der Waals surface area contributed by atoms with E-state index in [2.05, 4.69) is 49.6 Å². The Morgan fingerprint density at radius 2 is 2.07 bits per heavy atom. The van der Waals surface area contributed by atoms with E-state index in [1.807, 2.05) is 24.4 Å². The molecule has 28 heavy (non-hydrogen) atoms. The molecule has 7 heteroatoms. The lowest BCUT2D eigenvalue weighted by Gasteiger charge is -2.21. The molecule has 0 radical (unpaired) electrons. The third kappa shape index (κ3) is 3.95. The van der Waals surface area contributed by atoms with E-state index in [1.165, 1.54) is 29.3 Å². The molecule has 0 saturated heterocycles. The third-order valence-corrected chi connectivity index (χ3v) is 5.53. The molecule has 1 aromatic heterocycles. The smallest absolute Gasteiger partial charge is 0.323 e. The summed E-state index contributed by atoms with van der Waals surface area (Å²) in [5.41, 5.74) is 4.72. The van der Waals surface area contributed by atoms with Crippen LogP contribution in [0.1, 0.15) is 12.0 Å². The summed E-state index contributed by atoms with van der Waals surface area (Å²) < 4.78 is 13.7. The third-order valence-electron chi connectivity index (χ3n) is 4.88. The highest BCUT2D eigenvalue weighted by atomic mass is 79.9. The SMILES string of the molecule is CN1CC=C(c2c[nH]c3ccc(NC(=O)Nc4ccc(F)cc4Br)cc23)CC1. The van der Waals surface area contributed by atoms with E-state index in [1.54, 1.807) is 0 Å². The predicted octanol–water partition coefficient (Wildman–Crippen LogP) is 5.43. The summed E-state index contributed by atoms with van der Waals surface area (Å²) >= 11 is 3.25. The summed E-state index contributed by atoms with van der Waals surface area (Å²) in [4.78, 5) is 17.9. The highest BCUT2D eigenvalue weighted by molar-refractivity contribution is 9.10. The second-order valence-electron chi connectivity index (χ2n) is 6.91. The van der Waals surface area contributed by atoms with Gasteiger partial charge in [-0.25, -0.2) is 9.18 Å². The van der Waals surface area contributed by atoms with Gasteiger partial charge in [0.2, 0.25) is 0 Å². The van der Waals surface area contributed by atoms with Crippen molar-refractivity contribution in [1.82, 2.24) is 9.88 Å². The van der Waals surface area contributed by atoms with E-state index in [0.717, 1.165) is 30.4 Å². The van der Waals surface area contributed by atoms with Gasteiger partial charge < -0.3 is 20.5 Å². The van der Waals surface area contributed by atoms with Gasteiger partial charge >= 0.3 is 6.03 Å². The molecule has 0 aliphatic carbocycles. The topological polar surface area (TPSA) is 60.2 Å². The predicted molar refractivity (Wildman–Crippen MR) is 115 cm³/mol. The van der Waals surface area contributed by atoms with Gasteiger partial charge in [-0.1, -0.05) is 6.08 Å². The first-order valence-electron chi connectivity index (χ1n) is 9.02. The number of rotatable bonds is 3. The van der Waals surface area contributed by atoms with Gasteiger partial charge in [0.1, 0.15) is 5.82 Å². The van der Waals surface area contributed by atoms with Crippen molar-refractivity contribution >= 4 is 49.8 Å². The van der Waals surface area contributed by atoms with Gasteiger partial charge in [0.15, 0.2) is 0 Å². The number of carbonyl (C=O) groups excluding carboxylic acids is 1. The van der Waals surface area contributed by atoms with Gasteiger partial charge in [0, 0.05) is 45.9 Å². The number of amides is 2. The quantitative estimate of drug-likeness (QED) is 0.506. The van der Waals surface area contributed by atoms with Crippen LogP contribution in [0.25, 0.3) is 16.5 Å². The molecule has 0 spiro atoms. The number of anilines is 2. The molecular formula is C21H20BrFN4O. The lowest BCUT2D eigenvalue weighted by Crippen LogP contribution is -2.23. The molecule has 144 valence electrons. The largest absolute Gasteiger partial charge is 0.361 e. The number of halogens is 2. The molecule has 3 aromatic rings. The minimum absolute atomic E-state index is 0.369. The van der Waals surface area contributed by atoms with Gasteiger partial charge in [0.25, 0.3) is 0 Å². The molecule has 2 heterocycles. The summed E-state index contributed by atoms with van der Waals surface area (Å²) in [5, 5.41) is 6.65. The van der Waals surface area contributed by atoms with Crippen molar-refractivity contribution in [3.05, 3.63) is 64.5 Å². The van der Waals surface area contributed by atoms with Gasteiger partial charge in [-0.3, -0.25) is 0 Å². The molecule has 5 nitrogen and oxygen atoms in total. The number of nitrogens with one attached hydrogen (secondary N) is 3. The Morgan fingerprint density at radius 3 is 2.82 bits per heavy atom. The van der Waals surface area contributed by atoms with E-state index in [-0.39, 0.29) is 11.8 Å². The van der Waals surface area contributed by atoms with Crippen molar-refractivity contribution in [2.45, 2.75) is 6.42 Å². The molecule has 4 rings (SSSR count). The average molecular weight is 443 g/mol. The molecule has 0 bridgehead atoms.